The van der Waals surface area contributed by atoms with Crippen LogP contribution in [0.1, 0.15) is 38.5 Å². The smallest absolute Gasteiger partial charge is 0.231 e. The second-order valence-corrected chi connectivity index (χ2v) is 7.34. The summed E-state index contributed by atoms with van der Waals surface area (Å²) in [5.41, 5.74) is 0.112. The van der Waals surface area contributed by atoms with E-state index in [-0.39, 0.29) is 23.5 Å². The van der Waals surface area contributed by atoms with Gasteiger partial charge in [-0.3, -0.25) is 4.79 Å². The van der Waals surface area contributed by atoms with Crippen LogP contribution in [-0.4, -0.2) is 39.9 Å². The number of amides is 1. The SMILES string of the molecule is CC(C)(CCl)C(=O)N1CCC[C@H](c2nc(-c3ccc(F)cc3)no2)C1. The van der Waals surface area contributed by atoms with Crippen LogP contribution in [0.4, 0.5) is 4.39 Å². The first-order chi connectivity index (χ1) is 11.9. The van der Waals surface area contributed by atoms with Gasteiger partial charge < -0.3 is 9.42 Å². The first-order valence-corrected chi connectivity index (χ1v) is 8.89. The molecule has 0 aliphatic carbocycles. The summed E-state index contributed by atoms with van der Waals surface area (Å²) in [6.07, 6.45) is 1.76. The zero-order chi connectivity index (χ0) is 18.0. The Labute approximate surface area is 151 Å². The second-order valence-electron chi connectivity index (χ2n) is 7.07. The fourth-order valence-corrected chi connectivity index (χ4v) is 3.08. The van der Waals surface area contributed by atoms with Gasteiger partial charge in [0.1, 0.15) is 5.82 Å². The third-order valence-corrected chi connectivity index (χ3v) is 5.18. The van der Waals surface area contributed by atoms with E-state index in [0.29, 0.717) is 30.4 Å². The molecule has 2 heterocycles. The highest BCUT2D eigenvalue weighted by Crippen LogP contribution is 2.30. The van der Waals surface area contributed by atoms with Crippen molar-refractivity contribution in [3.05, 3.63) is 36.0 Å². The van der Waals surface area contributed by atoms with Crippen LogP contribution < -0.4 is 0 Å². The molecule has 0 spiro atoms. The number of piperidine rings is 1. The van der Waals surface area contributed by atoms with Gasteiger partial charge in [-0.25, -0.2) is 4.39 Å². The van der Waals surface area contributed by atoms with Gasteiger partial charge in [0.2, 0.25) is 17.6 Å². The number of likely N-dealkylation sites (tertiary alicyclic amines) is 1. The lowest BCUT2D eigenvalue weighted by atomic mass is 9.91. The number of halogens is 2. The summed E-state index contributed by atoms with van der Waals surface area (Å²) in [4.78, 5) is 18.9. The molecular formula is C18H21ClFN3O2. The Bertz CT molecular complexity index is 745. The molecule has 1 fully saturated rings. The predicted molar refractivity (Wildman–Crippen MR) is 92.7 cm³/mol. The van der Waals surface area contributed by atoms with Gasteiger partial charge in [0.15, 0.2) is 0 Å². The van der Waals surface area contributed by atoms with Gasteiger partial charge in [-0.2, -0.15) is 4.98 Å². The number of alkyl halides is 1. The number of carbonyl (C=O) groups is 1. The van der Waals surface area contributed by atoms with Crippen LogP contribution in [0.15, 0.2) is 28.8 Å². The van der Waals surface area contributed by atoms with Gasteiger partial charge in [0, 0.05) is 24.5 Å². The number of rotatable bonds is 4. The van der Waals surface area contributed by atoms with E-state index in [4.69, 9.17) is 16.1 Å². The van der Waals surface area contributed by atoms with Crippen molar-refractivity contribution < 1.29 is 13.7 Å². The summed E-state index contributed by atoms with van der Waals surface area (Å²) in [5, 5.41) is 3.99. The molecule has 7 heteroatoms. The van der Waals surface area contributed by atoms with Crippen LogP contribution in [-0.2, 0) is 4.79 Å². The molecule has 0 unspecified atom stereocenters. The van der Waals surface area contributed by atoms with E-state index in [1.165, 1.54) is 12.1 Å². The molecule has 0 N–H and O–H groups in total. The Morgan fingerprint density at radius 2 is 2.12 bits per heavy atom. The summed E-state index contributed by atoms with van der Waals surface area (Å²) in [6.45, 7) is 4.97. The van der Waals surface area contributed by atoms with E-state index in [1.54, 1.807) is 12.1 Å². The van der Waals surface area contributed by atoms with Crippen molar-refractivity contribution in [3.8, 4) is 11.4 Å². The minimum absolute atomic E-state index is 0.00511. The van der Waals surface area contributed by atoms with Crippen molar-refractivity contribution in [3.63, 3.8) is 0 Å². The zero-order valence-electron chi connectivity index (χ0n) is 14.3. The van der Waals surface area contributed by atoms with E-state index in [2.05, 4.69) is 10.1 Å². The molecule has 1 aliphatic heterocycles. The largest absolute Gasteiger partial charge is 0.341 e. The fourth-order valence-electron chi connectivity index (χ4n) is 2.97. The Hall–Kier alpha value is -1.95. The van der Waals surface area contributed by atoms with E-state index in [0.717, 1.165) is 12.8 Å². The average Bonchev–Trinajstić information content (AvgIpc) is 3.12. The van der Waals surface area contributed by atoms with Gasteiger partial charge in [0.05, 0.1) is 11.3 Å². The van der Waals surface area contributed by atoms with Crippen LogP contribution in [0.5, 0.6) is 0 Å². The third kappa shape index (κ3) is 3.84. The molecule has 3 rings (SSSR count). The lowest BCUT2D eigenvalue weighted by Gasteiger charge is -2.35. The molecule has 2 aromatic rings. The van der Waals surface area contributed by atoms with Crippen LogP contribution in [0, 0.1) is 11.2 Å². The highest BCUT2D eigenvalue weighted by atomic mass is 35.5. The standard InChI is InChI=1S/C18H21ClFN3O2/c1-18(2,11-19)17(24)23-9-3-4-13(10-23)16-21-15(22-25-16)12-5-7-14(20)8-6-12/h5-8,13H,3-4,9-11H2,1-2H3/t13-/m0/s1. The number of carbonyl (C=O) groups excluding carboxylic acids is 1. The summed E-state index contributed by atoms with van der Waals surface area (Å²) in [6, 6.07) is 5.95. The van der Waals surface area contributed by atoms with Crippen molar-refractivity contribution >= 4 is 17.5 Å². The highest BCUT2D eigenvalue weighted by molar-refractivity contribution is 6.19. The van der Waals surface area contributed by atoms with Gasteiger partial charge in [-0.1, -0.05) is 5.16 Å². The molecule has 25 heavy (non-hydrogen) atoms. The van der Waals surface area contributed by atoms with E-state index in [9.17, 15) is 9.18 Å². The zero-order valence-corrected chi connectivity index (χ0v) is 15.1. The Morgan fingerprint density at radius 3 is 2.80 bits per heavy atom. The van der Waals surface area contributed by atoms with Crippen molar-refractivity contribution in [2.75, 3.05) is 19.0 Å². The van der Waals surface area contributed by atoms with E-state index in [1.807, 2.05) is 18.7 Å². The Balaban J connectivity index is 1.74. The van der Waals surface area contributed by atoms with Crippen LogP contribution in [0.2, 0.25) is 0 Å². The predicted octanol–water partition coefficient (Wildman–Crippen LogP) is 3.85. The molecule has 1 saturated heterocycles. The molecule has 1 aromatic heterocycles. The monoisotopic (exact) mass is 365 g/mol. The van der Waals surface area contributed by atoms with Crippen LogP contribution in [0.3, 0.4) is 0 Å². The number of benzene rings is 1. The fraction of sp³-hybridized carbons (Fsp3) is 0.500. The van der Waals surface area contributed by atoms with Gasteiger partial charge in [-0.05, 0) is 51.0 Å². The molecular weight excluding hydrogens is 345 g/mol. The molecule has 0 radical (unpaired) electrons. The number of nitrogens with zero attached hydrogens (tertiary/aromatic N) is 3. The minimum atomic E-state index is -0.586. The Kier molecular flexibility index (Phi) is 5.08. The summed E-state index contributed by atoms with van der Waals surface area (Å²) in [7, 11) is 0. The second kappa shape index (κ2) is 7.12. The lowest BCUT2D eigenvalue weighted by Crippen LogP contribution is -2.46. The topological polar surface area (TPSA) is 59.2 Å². The molecule has 1 atom stereocenters. The van der Waals surface area contributed by atoms with Crippen molar-refractivity contribution in [1.29, 1.82) is 0 Å². The number of aromatic nitrogens is 2. The minimum Gasteiger partial charge on any atom is -0.341 e. The van der Waals surface area contributed by atoms with E-state index < -0.39 is 5.41 Å². The van der Waals surface area contributed by atoms with Crippen molar-refractivity contribution in [2.24, 2.45) is 5.41 Å². The maximum absolute atomic E-state index is 13.0. The maximum atomic E-state index is 13.0. The Morgan fingerprint density at radius 1 is 1.40 bits per heavy atom. The molecule has 5 nitrogen and oxygen atoms in total. The van der Waals surface area contributed by atoms with Crippen molar-refractivity contribution in [2.45, 2.75) is 32.6 Å². The van der Waals surface area contributed by atoms with Crippen molar-refractivity contribution in [1.82, 2.24) is 15.0 Å². The lowest BCUT2D eigenvalue weighted by molar-refractivity contribution is -0.140. The number of hydrogen-bond acceptors (Lipinski definition) is 4. The van der Waals surface area contributed by atoms with E-state index >= 15 is 0 Å². The molecule has 134 valence electrons. The van der Waals surface area contributed by atoms with Crippen LogP contribution in [0.25, 0.3) is 11.4 Å². The first-order valence-electron chi connectivity index (χ1n) is 8.35. The highest BCUT2D eigenvalue weighted by Gasteiger charge is 2.35. The molecule has 1 amide bonds. The maximum Gasteiger partial charge on any atom is 0.231 e. The first kappa shape index (κ1) is 17.9. The number of hydrogen-bond donors (Lipinski definition) is 0. The van der Waals surface area contributed by atoms with Gasteiger partial charge in [-0.15, -0.1) is 11.6 Å². The summed E-state index contributed by atoms with van der Waals surface area (Å²) in [5.74, 6) is 0.967. The van der Waals surface area contributed by atoms with Crippen LogP contribution >= 0.6 is 11.6 Å². The molecule has 1 aromatic carbocycles. The summed E-state index contributed by atoms with van der Waals surface area (Å²) >= 11 is 5.93. The molecule has 0 bridgehead atoms. The van der Waals surface area contributed by atoms with Gasteiger partial charge >= 0.3 is 0 Å². The van der Waals surface area contributed by atoms with Gasteiger partial charge in [0.25, 0.3) is 0 Å². The average molecular weight is 366 g/mol. The quantitative estimate of drug-likeness (QED) is 0.772. The summed E-state index contributed by atoms with van der Waals surface area (Å²) < 4.78 is 18.4. The third-order valence-electron chi connectivity index (χ3n) is 4.52. The molecule has 1 aliphatic rings. The molecule has 0 saturated carbocycles. The normalized spacial score (nSPS) is 18.4.